The third-order valence-electron chi connectivity index (χ3n) is 1.81. The summed E-state index contributed by atoms with van der Waals surface area (Å²) in [7, 11) is 3.35. The third kappa shape index (κ3) is 2.98. The van der Waals surface area contributed by atoms with E-state index < -0.39 is 11.6 Å². The second-order valence-electron chi connectivity index (χ2n) is 2.97. The molecule has 0 aromatic rings. The number of carbonyl (C=O) groups excluding carboxylic acids is 2. The van der Waals surface area contributed by atoms with Crippen LogP contribution in [0.3, 0.4) is 0 Å². The molecule has 70 valence electrons. The number of nitrogens with zero attached hydrogens (tertiary/aromatic N) is 1. The van der Waals surface area contributed by atoms with E-state index >= 15 is 0 Å². The Morgan fingerprint density at radius 1 is 1.58 bits per heavy atom. The molecular weight excluding hydrogens is 158 g/mol. The molecule has 0 unspecified atom stereocenters. The Bertz CT molecular complexity index is 181. The van der Waals surface area contributed by atoms with E-state index in [1.165, 1.54) is 0 Å². The van der Waals surface area contributed by atoms with E-state index in [1.54, 1.807) is 19.0 Å². The van der Waals surface area contributed by atoms with Crippen molar-refractivity contribution in [3.05, 3.63) is 0 Å². The number of aldehydes is 1. The zero-order valence-corrected chi connectivity index (χ0v) is 7.41. The molecule has 5 nitrogen and oxygen atoms in total. The predicted molar refractivity (Wildman–Crippen MR) is 45.1 cm³/mol. The minimum absolute atomic E-state index is 0.118. The molecule has 5 heteroatoms. The lowest BCUT2D eigenvalue weighted by Crippen LogP contribution is -2.54. The predicted octanol–water partition coefficient (Wildman–Crippen LogP) is -1.33. The van der Waals surface area contributed by atoms with Crippen molar-refractivity contribution in [1.29, 1.82) is 0 Å². The van der Waals surface area contributed by atoms with Crippen LogP contribution in [0, 0.1) is 0 Å². The quantitative estimate of drug-likeness (QED) is 0.398. The molecule has 0 aliphatic carbocycles. The van der Waals surface area contributed by atoms with Crippen LogP contribution in [0.1, 0.15) is 12.8 Å². The zero-order chi connectivity index (χ0) is 9.78. The van der Waals surface area contributed by atoms with Crippen LogP contribution in [0.25, 0.3) is 0 Å². The zero-order valence-electron chi connectivity index (χ0n) is 7.41. The van der Waals surface area contributed by atoms with Gasteiger partial charge in [-0.3, -0.25) is 14.5 Å². The average molecular weight is 173 g/mol. The van der Waals surface area contributed by atoms with Gasteiger partial charge in [-0.2, -0.15) is 0 Å². The van der Waals surface area contributed by atoms with Gasteiger partial charge in [0.2, 0.25) is 5.91 Å². The van der Waals surface area contributed by atoms with Gasteiger partial charge in [0.1, 0.15) is 5.66 Å². The van der Waals surface area contributed by atoms with Crippen molar-refractivity contribution in [3.8, 4) is 0 Å². The molecule has 0 saturated heterocycles. The average Bonchev–Trinajstić information content (AvgIpc) is 1.99. The minimum Gasteiger partial charge on any atom is -0.370 e. The van der Waals surface area contributed by atoms with Crippen LogP contribution in [0.2, 0.25) is 0 Å². The summed E-state index contributed by atoms with van der Waals surface area (Å²) in [5, 5.41) is 0. The number of amides is 1. The van der Waals surface area contributed by atoms with E-state index in [0.29, 0.717) is 6.29 Å². The molecule has 1 atom stereocenters. The summed E-state index contributed by atoms with van der Waals surface area (Å²) in [6, 6.07) is 0. The van der Waals surface area contributed by atoms with Crippen LogP contribution in [0.4, 0.5) is 0 Å². The number of hydrogen-bond acceptors (Lipinski definition) is 4. The number of rotatable bonds is 5. The van der Waals surface area contributed by atoms with E-state index in [0.717, 1.165) is 0 Å². The van der Waals surface area contributed by atoms with Crippen LogP contribution >= 0.6 is 0 Å². The first-order valence-electron chi connectivity index (χ1n) is 3.63. The van der Waals surface area contributed by atoms with Crippen LogP contribution in [0.15, 0.2) is 0 Å². The van der Waals surface area contributed by atoms with Crippen LogP contribution in [-0.4, -0.2) is 36.9 Å². The van der Waals surface area contributed by atoms with Crippen LogP contribution in [-0.2, 0) is 9.59 Å². The maximum absolute atomic E-state index is 10.6. The van der Waals surface area contributed by atoms with Gasteiger partial charge in [-0.15, -0.1) is 0 Å². The van der Waals surface area contributed by atoms with Gasteiger partial charge in [0.05, 0.1) is 0 Å². The van der Waals surface area contributed by atoms with Gasteiger partial charge in [0.15, 0.2) is 6.29 Å². The van der Waals surface area contributed by atoms with Gasteiger partial charge in [0, 0.05) is 6.42 Å². The molecule has 0 aromatic carbocycles. The molecule has 12 heavy (non-hydrogen) atoms. The molecule has 0 spiro atoms. The molecule has 0 saturated carbocycles. The molecule has 1 amide bonds. The summed E-state index contributed by atoms with van der Waals surface area (Å²) >= 11 is 0. The standard InChI is InChI=1S/C7H15N3O2/c1-10(2)7(9,5-11)4-3-6(8)12/h5H,3-4,9H2,1-2H3,(H2,8,12)/t7-/m0/s1. The van der Waals surface area contributed by atoms with E-state index in [-0.39, 0.29) is 12.8 Å². The van der Waals surface area contributed by atoms with Gasteiger partial charge in [0.25, 0.3) is 0 Å². The van der Waals surface area contributed by atoms with E-state index in [1.807, 2.05) is 0 Å². The van der Waals surface area contributed by atoms with Gasteiger partial charge in [-0.25, -0.2) is 0 Å². The summed E-state index contributed by atoms with van der Waals surface area (Å²) in [5.74, 6) is -0.450. The second-order valence-corrected chi connectivity index (χ2v) is 2.97. The Hall–Kier alpha value is -0.940. The van der Waals surface area contributed by atoms with Crippen molar-refractivity contribution >= 4 is 12.2 Å². The summed E-state index contributed by atoms with van der Waals surface area (Å²) in [6.07, 6.45) is 0.988. The molecule has 0 rings (SSSR count). The highest BCUT2D eigenvalue weighted by Crippen LogP contribution is 2.08. The topological polar surface area (TPSA) is 89.4 Å². The van der Waals surface area contributed by atoms with Crippen molar-refractivity contribution in [3.63, 3.8) is 0 Å². The summed E-state index contributed by atoms with van der Waals surface area (Å²) in [6.45, 7) is 0. The Labute approximate surface area is 71.7 Å². The first-order chi connectivity index (χ1) is 5.42. The lowest BCUT2D eigenvalue weighted by atomic mass is 10.1. The number of hydrogen-bond donors (Lipinski definition) is 2. The largest absolute Gasteiger partial charge is 0.370 e. The van der Waals surface area contributed by atoms with E-state index in [2.05, 4.69) is 0 Å². The van der Waals surface area contributed by atoms with Gasteiger partial charge >= 0.3 is 0 Å². The number of primary amides is 1. The normalized spacial score (nSPS) is 15.7. The Balaban J connectivity index is 4.15. The lowest BCUT2D eigenvalue weighted by molar-refractivity contribution is -0.120. The fraction of sp³-hybridized carbons (Fsp3) is 0.714. The van der Waals surface area contributed by atoms with Crippen molar-refractivity contribution < 1.29 is 9.59 Å². The first kappa shape index (κ1) is 11.1. The summed E-state index contributed by atoms with van der Waals surface area (Å²) in [5.41, 5.74) is 9.49. The molecule has 0 heterocycles. The van der Waals surface area contributed by atoms with Crippen molar-refractivity contribution in [2.45, 2.75) is 18.5 Å². The van der Waals surface area contributed by atoms with E-state index in [4.69, 9.17) is 11.5 Å². The first-order valence-corrected chi connectivity index (χ1v) is 3.63. The molecule has 0 aromatic heterocycles. The summed E-state index contributed by atoms with van der Waals surface area (Å²) in [4.78, 5) is 22.5. The SMILES string of the molecule is CN(C)[C@](N)(C=O)CCC(N)=O. The van der Waals surface area contributed by atoms with Crippen LogP contribution in [0.5, 0.6) is 0 Å². The molecule has 0 radical (unpaired) electrons. The third-order valence-corrected chi connectivity index (χ3v) is 1.81. The number of carbonyl (C=O) groups is 2. The van der Waals surface area contributed by atoms with Crippen LogP contribution < -0.4 is 11.5 Å². The molecule has 0 aliphatic heterocycles. The lowest BCUT2D eigenvalue weighted by Gasteiger charge is -2.29. The second kappa shape index (κ2) is 4.18. The van der Waals surface area contributed by atoms with Gasteiger partial charge in [-0.05, 0) is 20.5 Å². The Morgan fingerprint density at radius 2 is 2.08 bits per heavy atom. The Morgan fingerprint density at radius 3 is 2.33 bits per heavy atom. The number of likely N-dealkylation sites (N-methyl/N-ethyl adjacent to an activating group) is 1. The van der Waals surface area contributed by atoms with Crippen molar-refractivity contribution in [1.82, 2.24) is 4.90 Å². The Kier molecular flexibility index (Phi) is 3.85. The highest BCUT2D eigenvalue weighted by Gasteiger charge is 2.26. The fourth-order valence-corrected chi connectivity index (χ4v) is 0.711. The van der Waals surface area contributed by atoms with Gasteiger partial charge in [-0.1, -0.05) is 0 Å². The molecule has 4 N–H and O–H groups in total. The maximum Gasteiger partial charge on any atom is 0.217 e. The fourth-order valence-electron chi connectivity index (χ4n) is 0.711. The highest BCUT2D eigenvalue weighted by atomic mass is 16.1. The molecule has 0 fully saturated rings. The summed E-state index contributed by atoms with van der Waals surface area (Å²) < 4.78 is 0. The van der Waals surface area contributed by atoms with Gasteiger partial charge < -0.3 is 11.5 Å². The minimum atomic E-state index is -1.07. The number of nitrogens with two attached hydrogens (primary N) is 2. The monoisotopic (exact) mass is 173 g/mol. The molecule has 0 bridgehead atoms. The maximum atomic E-state index is 10.6. The highest BCUT2D eigenvalue weighted by molar-refractivity contribution is 5.75. The van der Waals surface area contributed by atoms with Crippen molar-refractivity contribution in [2.24, 2.45) is 11.5 Å². The molecule has 0 aliphatic rings. The van der Waals surface area contributed by atoms with Crippen molar-refractivity contribution in [2.75, 3.05) is 14.1 Å². The van der Waals surface area contributed by atoms with E-state index in [9.17, 15) is 9.59 Å². The molecular formula is C7H15N3O2. The smallest absolute Gasteiger partial charge is 0.217 e.